The molecule has 0 bridgehead atoms. The van der Waals surface area contributed by atoms with Gasteiger partial charge in [-0.05, 0) is 45.8 Å². The Balaban J connectivity index is 2.09. The minimum atomic E-state index is -5.67. The maximum absolute atomic E-state index is 12.4. The fourth-order valence-electron chi connectivity index (χ4n) is 2.22. The van der Waals surface area contributed by atoms with Crippen LogP contribution < -0.4 is 8.61 Å². The van der Waals surface area contributed by atoms with Gasteiger partial charge in [-0.1, -0.05) is 24.3 Å². The Hall–Kier alpha value is -1.75. The molecule has 0 fully saturated rings. The third-order valence-corrected chi connectivity index (χ3v) is 4.62. The molecule has 0 aromatic heterocycles. The molecule has 8 heteroatoms. The predicted molar refractivity (Wildman–Crippen MR) is 82.4 cm³/mol. The van der Waals surface area contributed by atoms with E-state index in [1.807, 2.05) is 24.3 Å². The van der Waals surface area contributed by atoms with Gasteiger partial charge in [0.15, 0.2) is 16.3 Å². The van der Waals surface area contributed by atoms with Crippen LogP contribution in [0.3, 0.4) is 0 Å². The molecule has 0 aliphatic carbocycles. The van der Waals surface area contributed by atoms with Gasteiger partial charge in [0.05, 0.1) is 0 Å². The van der Waals surface area contributed by atoms with Crippen molar-refractivity contribution < 1.29 is 25.8 Å². The van der Waals surface area contributed by atoms with Crippen LogP contribution in [0, 0.1) is 0 Å². The van der Waals surface area contributed by atoms with Crippen molar-refractivity contribution in [3.8, 4) is 5.75 Å². The van der Waals surface area contributed by atoms with E-state index in [-0.39, 0.29) is 5.75 Å². The molecule has 116 valence electrons. The fourth-order valence-corrected chi connectivity index (χ4v) is 2.95. The molecule has 0 spiro atoms. The average molecular weight is 352 g/mol. The van der Waals surface area contributed by atoms with E-state index in [4.69, 9.17) is 0 Å². The van der Waals surface area contributed by atoms with Gasteiger partial charge < -0.3 is 4.18 Å². The summed E-state index contributed by atoms with van der Waals surface area (Å²) in [5, 5.41) is 3.22. The second kappa shape index (κ2) is 5.41. The molecule has 0 aliphatic heterocycles. The smallest absolute Gasteiger partial charge is 0.376 e. The summed E-state index contributed by atoms with van der Waals surface area (Å²) >= 11 is 2.59. The van der Waals surface area contributed by atoms with Crippen molar-refractivity contribution in [1.29, 1.82) is 0 Å². The number of alkyl halides is 3. The Kier molecular flexibility index (Phi) is 3.79. The Bertz CT molecular complexity index is 1010. The molecule has 0 atom stereocenters. The summed E-state index contributed by atoms with van der Waals surface area (Å²) in [6.07, 6.45) is 0. The van der Waals surface area contributed by atoms with E-state index in [2.05, 4.69) is 20.5 Å². The molecular formula is C15H8AlF3O3S. The average Bonchev–Trinajstić information content (AvgIpc) is 2.43. The lowest BCUT2D eigenvalue weighted by Crippen LogP contribution is -2.28. The highest BCUT2D eigenvalue weighted by molar-refractivity contribution is 7.88. The summed E-state index contributed by atoms with van der Waals surface area (Å²) in [4.78, 5) is 0. The van der Waals surface area contributed by atoms with Crippen LogP contribution in [0.15, 0.2) is 48.5 Å². The van der Waals surface area contributed by atoms with Crippen molar-refractivity contribution in [2.24, 2.45) is 0 Å². The predicted octanol–water partition coefficient (Wildman–Crippen LogP) is 3.02. The molecular weight excluding hydrogens is 344 g/mol. The molecule has 0 saturated carbocycles. The number of fused-ring (bicyclic) bond motifs is 2. The van der Waals surface area contributed by atoms with E-state index in [1.54, 1.807) is 6.07 Å². The molecule has 0 heterocycles. The number of benzene rings is 3. The van der Waals surface area contributed by atoms with Crippen LogP contribution in [-0.4, -0.2) is 30.2 Å². The van der Waals surface area contributed by atoms with Crippen LogP contribution in [-0.2, 0) is 10.1 Å². The van der Waals surface area contributed by atoms with Crippen LogP contribution in [0.25, 0.3) is 21.5 Å². The number of hydrogen-bond acceptors (Lipinski definition) is 3. The third-order valence-electron chi connectivity index (χ3n) is 3.28. The maximum atomic E-state index is 12.4. The van der Waals surface area contributed by atoms with Gasteiger partial charge in [0.2, 0.25) is 0 Å². The van der Waals surface area contributed by atoms with E-state index >= 15 is 0 Å². The highest BCUT2D eigenvalue weighted by atomic mass is 32.2. The zero-order chi connectivity index (χ0) is 16.8. The summed E-state index contributed by atoms with van der Waals surface area (Å²) in [6, 6.07) is 13.3. The van der Waals surface area contributed by atoms with Gasteiger partial charge in [-0.25, -0.2) is 0 Å². The van der Waals surface area contributed by atoms with Crippen molar-refractivity contribution in [2.75, 3.05) is 0 Å². The van der Waals surface area contributed by atoms with E-state index in [9.17, 15) is 21.6 Å². The lowest BCUT2D eigenvalue weighted by Gasteiger charge is -2.10. The van der Waals surface area contributed by atoms with Crippen molar-refractivity contribution >= 4 is 52.4 Å². The lowest BCUT2D eigenvalue weighted by atomic mass is 10.0. The summed E-state index contributed by atoms with van der Waals surface area (Å²) in [5.41, 5.74) is -5.46. The number of hydrogen-bond donors (Lipinski definition) is 0. The third kappa shape index (κ3) is 3.15. The van der Waals surface area contributed by atoms with Gasteiger partial charge in [0, 0.05) is 0 Å². The zero-order valence-electron chi connectivity index (χ0n) is 11.5. The zero-order valence-corrected chi connectivity index (χ0v) is 13.4. The molecule has 0 saturated heterocycles. The van der Waals surface area contributed by atoms with Gasteiger partial charge in [-0.3, -0.25) is 0 Å². The summed E-state index contributed by atoms with van der Waals surface area (Å²) < 4.78 is 64.4. The maximum Gasteiger partial charge on any atom is 0.534 e. The Morgan fingerprint density at radius 1 is 0.826 bits per heavy atom. The topological polar surface area (TPSA) is 43.4 Å². The largest absolute Gasteiger partial charge is 0.534 e. The molecule has 3 aromatic carbocycles. The Morgan fingerprint density at radius 3 is 2.00 bits per heavy atom. The molecule has 2 radical (unpaired) electrons. The standard InChI is InChI=1S/C15H8F3O3S.Al/c16-15(17,18)22(19,20)21-14-6-5-12-7-10-3-1-2-4-11(10)8-13(12)9-14;/h2-9H;. The Labute approximate surface area is 138 Å². The summed E-state index contributed by atoms with van der Waals surface area (Å²) in [6.45, 7) is 0. The molecule has 3 rings (SSSR count). The van der Waals surface area contributed by atoms with Crippen molar-refractivity contribution in [1.82, 2.24) is 0 Å². The monoisotopic (exact) mass is 352 g/mol. The van der Waals surface area contributed by atoms with Crippen LogP contribution in [0.1, 0.15) is 0 Å². The lowest BCUT2D eigenvalue weighted by molar-refractivity contribution is -0.0500. The molecule has 0 amide bonds. The SMILES string of the molecule is O=S(=O)(Oc1ccc2cc3c[c]([Al])ccc3cc2c1)C(F)(F)F. The van der Waals surface area contributed by atoms with Crippen LogP contribution in [0.2, 0.25) is 0 Å². The highest BCUT2D eigenvalue weighted by Crippen LogP contribution is 2.30. The Morgan fingerprint density at radius 2 is 1.39 bits per heavy atom. The first-order valence-electron chi connectivity index (χ1n) is 6.39. The van der Waals surface area contributed by atoms with E-state index < -0.39 is 15.6 Å². The molecule has 3 nitrogen and oxygen atoms in total. The van der Waals surface area contributed by atoms with Crippen molar-refractivity contribution in [2.45, 2.75) is 5.51 Å². The summed E-state index contributed by atoms with van der Waals surface area (Å²) in [5.74, 6) is -0.378. The van der Waals surface area contributed by atoms with Crippen LogP contribution in [0.5, 0.6) is 5.75 Å². The minimum absolute atomic E-state index is 0.378. The van der Waals surface area contributed by atoms with Gasteiger partial charge in [-0.15, -0.1) is 4.43 Å². The second-order valence-corrected chi connectivity index (χ2v) is 7.16. The van der Waals surface area contributed by atoms with Gasteiger partial charge in [-0.2, -0.15) is 21.6 Å². The highest BCUT2D eigenvalue weighted by Gasteiger charge is 2.48. The molecule has 0 aliphatic rings. The van der Waals surface area contributed by atoms with E-state index in [0.717, 1.165) is 20.6 Å². The van der Waals surface area contributed by atoms with Crippen molar-refractivity contribution in [3.63, 3.8) is 0 Å². The van der Waals surface area contributed by atoms with Gasteiger partial charge in [0.25, 0.3) is 0 Å². The van der Waals surface area contributed by atoms with E-state index in [1.165, 1.54) is 18.2 Å². The first-order chi connectivity index (χ1) is 10.7. The van der Waals surface area contributed by atoms with Crippen LogP contribution >= 0.6 is 0 Å². The van der Waals surface area contributed by atoms with Crippen molar-refractivity contribution in [3.05, 3.63) is 48.5 Å². The normalized spacial score (nSPS) is 12.7. The first kappa shape index (κ1) is 16.1. The number of halogens is 3. The summed E-state index contributed by atoms with van der Waals surface area (Å²) in [7, 11) is -5.67. The molecule has 3 aromatic rings. The minimum Gasteiger partial charge on any atom is -0.376 e. The van der Waals surface area contributed by atoms with E-state index in [0.29, 0.717) is 5.39 Å². The fraction of sp³-hybridized carbons (Fsp3) is 0.0667. The number of rotatable bonds is 2. The van der Waals surface area contributed by atoms with Crippen LogP contribution in [0.4, 0.5) is 13.2 Å². The van der Waals surface area contributed by atoms with Gasteiger partial charge >= 0.3 is 15.6 Å². The first-order valence-corrected chi connectivity index (χ1v) is 8.38. The molecule has 23 heavy (non-hydrogen) atoms. The molecule has 0 unspecified atom stereocenters. The molecule has 0 N–H and O–H groups in total. The quantitative estimate of drug-likeness (QED) is 0.308. The second-order valence-electron chi connectivity index (χ2n) is 4.95. The van der Waals surface area contributed by atoms with Gasteiger partial charge in [0.1, 0.15) is 5.75 Å².